The molecule has 0 nitrogen and oxygen atoms in total. The Balaban J connectivity index is 2.17. The van der Waals surface area contributed by atoms with E-state index in [1.54, 1.807) is 0 Å². The molecule has 0 saturated heterocycles. The van der Waals surface area contributed by atoms with Gasteiger partial charge in [-0.3, -0.25) is 0 Å². The molecule has 2 radical (unpaired) electrons. The van der Waals surface area contributed by atoms with Crippen LogP contribution in [0, 0.1) is 23.7 Å². The molecule has 0 N–H and O–H groups in total. The van der Waals surface area contributed by atoms with Crippen molar-refractivity contribution >= 4 is 7.85 Å². The van der Waals surface area contributed by atoms with E-state index in [9.17, 15) is 0 Å². The third-order valence-electron chi connectivity index (χ3n) is 4.86. The Kier molecular flexibility index (Phi) is 3.19. The molecule has 0 aromatic heterocycles. The van der Waals surface area contributed by atoms with Gasteiger partial charge in [0.2, 0.25) is 0 Å². The molecule has 15 heavy (non-hydrogen) atoms. The van der Waals surface area contributed by atoms with Crippen molar-refractivity contribution in [2.45, 2.75) is 64.6 Å². The standard InChI is InChI=1S/C14H25B/c1-4-11-8-10-6-5-7-12(9-10)13(11)14(2,3)15/h10-13H,4-9H2,1-3H3. The van der Waals surface area contributed by atoms with Gasteiger partial charge in [0.15, 0.2) is 0 Å². The molecule has 84 valence electrons. The second-order valence-electron chi connectivity index (χ2n) is 6.54. The summed E-state index contributed by atoms with van der Waals surface area (Å²) in [4.78, 5) is 0. The van der Waals surface area contributed by atoms with Gasteiger partial charge in [0, 0.05) is 0 Å². The molecule has 4 unspecified atom stereocenters. The Bertz CT molecular complexity index is 214. The highest BCUT2D eigenvalue weighted by molar-refractivity contribution is 6.14. The van der Waals surface area contributed by atoms with E-state index in [-0.39, 0.29) is 5.31 Å². The average Bonchev–Trinajstić information content (AvgIpc) is 2.15. The highest BCUT2D eigenvalue weighted by Crippen LogP contribution is 2.54. The molecule has 0 aliphatic heterocycles. The number of rotatable bonds is 2. The summed E-state index contributed by atoms with van der Waals surface area (Å²) in [6, 6.07) is 0. The van der Waals surface area contributed by atoms with Gasteiger partial charge in [0.05, 0.1) is 7.85 Å². The van der Waals surface area contributed by atoms with Crippen molar-refractivity contribution in [2.75, 3.05) is 0 Å². The van der Waals surface area contributed by atoms with Crippen molar-refractivity contribution in [1.29, 1.82) is 0 Å². The molecule has 2 aliphatic rings. The molecule has 0 amide bonds. The van der Waals surface area contributed by atoms with Crippen LogP contribution in [0.5, 0.6) is 0 Å². The molecule has 2 aliphatic carbocycles. The first kappa shape index (κ1) is 11.5. The smallest absolute Gasteiger partial charge is 0.0683 e. The molecule has 2 rings (SSSR count). The fourth-order valence-corrected chi connectivity index (χ4v) is 4.47. The van der Waals surface area contributed by atoms with Crippen LogP contribution in [0.15, 0.2) is 0 Å². The maximum atomic E-state index is 6.41. The third-order valence-corrected chi connectivity index (χ3v) is 4.86. The van der Waals surface area contributed by atoms with Gasteiger partial charge in [-0.1, -0.05) is 51.8 Å². The van der Waals surface area contributed by atoms with Crippen LogP contribution in [0.2, 0.25) is 5.31 Å². The van der Waals surface area contributed by atoms with Crippen LogP contribution >= 0.6 is 0 Å². The van der Waals surface area contributed by atoms with E-state index in [1.807, 2.05) is 0 Å². The van der Waals surface area contributed by atoms with E-state index < -0.39 is 0 Å². The largest absolute Gasteiger partial charge is 0.0742 e. The highest BCUT2D eigenvalue weighted by atomic mass is 14.5. The van der Waals surface area contributed by atoms with Crippen LogP contribution in [-0.4, -0.2) is 7.85 Å². The Morgan fingerprint density at radius 3 is 2.53 bits per heavy atom. The Hall–Kier alpha value is 0.0649. The van der Waals surface area contributed by atoms with Gasteiger partial charge in [0.1, 0.15) is 0 Å². The SMILES string of the molecule is [B]C(C)(C)C1C(CC)CC2CCCC1C2. The molecule has 2 bridgehead atoms. The second kappa shape index (κ2) is 4.15. The lowest BCUT2D eigenvalue weighted by Gasteiger charge is -2.51. The summed E-state index contributed by atoms with van der Waals surface area (Å²) in [5, 5.41) is 0.0354. The van der Waals surface area contributed by atoms with Crippen LogP contribution in [0.25, 0.3) is 0 Å². The fraction of sp³-hybridized carbons (Fsp3) is 1.00. The topological polar surface area (TPSA) is 0 Å². The Morgan fingerprint density at radius 1 is 1.20 bits per heavy atom. The fourth-order valence-electron chi connectivity index (χ4n) is 4.47. The van der Waals surface area contributed by atoms with Crippen LogP contribution in [0.1, 0.15) is 59.3 Å². The summed E-state index contributed by atoms with van der Waals surface area (Å²) >= 11 is 0. The maximum Gasteiger partial charge on any atom is 0.0742 e. The van der Waals surface area contributed by atoms with Crippen molar-refractivity contribution in [3.05, 3.63) is 0 Å². The zero-order valence-corrected chi connectivity index (χ0v) is 10.6. The van der Waals surface area contributed by atoms with Crippen LogP contribution in [-0.2, 0) is 0 Å². The molecule has 0 heterocycles. The van der Waals surface area contributed by atoms with Crippen LogP contribution < -0.4 is 0 Å². The van der Waals surface area contributed by atoms with Crippen molar-refractivity contribution in [3.8, 4) is 0 Å². The number of hydrogen-bond donors (Lipinski definition) is 0. The van der Waals surface area contributed by atoms with Gasteiger partial charge in [-0.05, 0) is 36.5 Å². The lowest BCUT2D eigenvalue weighted by atomic mass is 9.49. The van der Waals surface area contributed by atoms with Gasteiger partial charge in [-0.25, -0.2) is 0 Å². The van der Waals surface area contributed by atoms with Gasteiger partial charge < -0.3 is 0 Å². The van der Waals surface area contributed by atoms with Gasteiger partial charge in [-0.2, -0.15) is 0 Å². The summed E-state index contributed by atoms with van der Waals surface area (Å²) in [5.74, 6) is 3.64. The molecular formula is C14H25B. The van der Waals surface area contributed by atoms with Gasteiger partial charge in [0.25, 0.3) is 0 Å². The molecule has 4 atom stereocenters. The minimum absolute atomic E-state index is 0.0354. The first-order chi connectivity index (χ1) is 7.02. The monoisotopic (exact) mass is 204 g/mol. The van der Waals surface area contributed by atoms with Crippen molar-refractivity contribution in [2.24, 2.45) is 23.7 Å². The first-order valence-electron chi connectivity index (χ1n) is 6.81. The molecule has 1 heteroatoms. The number of hydrogen-bond acceptors (Lipinski definition) is 0. The normalized spacial score (nSPS) is 41.5. The summed E-state index contributed by atoms with van der Waals surface area (Å²) < 4.78 is 0. The van der Waals surface area contributed by atoms with Gasteiger partial charge >= 0.3 is 0 Å². The molecule has 0 spiro atoms. The van der Waals surface area contributed by atoms with E-state index in [0.29, 0.717) is 0 Å². The van der Waals surface area contributed by atoms with E-state index in [0.717, 1.165) is 23.7 Å². The van der Waals surface area contributed by atoms with Crippen LogP contribution in [0.3, 0.4) is 0 Å². The van der Waals surface area contributed by atoms with Crippen molar-refractivity contribution in [3.63, 3.8) is 0 Å². The lowest BCUT2D eigenvalue weighted by molar-refractivity contribution is 0.0377. The first-order valence-corrected chi connectivity index (χ1v) is 6.81. The second-order valence-corrected chi connectivity index (χ2v) is 6.54. The zero-order chi connectivity index (χ0) is 11.1. The predicted octanol–water partition coefficient (Wildman–Crippen LogP) is 4.21. The Labute approximate surface area is 96.6 Å². The molecule has 2 fully saturated rings. The minimum atomic E-state index is 0.0354. The molecule has 2 saturated carbocycles. The molecule has 0 aromatic rings. The average molecular weight is 204 g/mol. The highest BCUT2D eigenvalue weighted by Gasteiger charge is 2.43. The van der Waals surface area contributed by atoms with Crippen molar-refractivity contribution in [1.82, 2.24) is 0 Å². The van der Waals surface area contributed by atoms with Crippen LogP contribution in [0.4, 0.5) is 0 Å². The maximum absolute atomic E-state index is 6.41. The predicted molar refractivity (Wildman–Crippen MR) is 67.1 cm³/mol. The summed E-state index contributed by atoms with van der Waals surface area (Å²) in [5.41, 5.74) is 0. The Morgan fingerprint density at radius 2 is 1.93 bits per heavy atom. The zero-order valence-electron chi connectivity index (χ0n) is 10.6. The minimum Gasteiger partial charge on any atom is -0.0683 e. The summed E-state index contributed by atoms with van der Waals surface area (Å²) in [6.45, 7) is 6.84. The lowest BCUT2D eigenvalue weighted by Crippen LogP contribution is -2.40. The number of fused-ring (bicyclic) bond motifs is 2. The van der Waals surface area contributed by atoms with E-state index in [1.165, 1.54) is 38.5 Å². The molecular weight excluding hydrogens is 179 g/mol. The van der Waals surface area contributed by atoms with Gasteiger partial charge in [-0.15, -0.1) is 0 Å². The van der Waals surface area contributed by atoms with E-state index in [2.05, 4.69) is 20.8 Å². The van der Waals surface area contributed by atoms with E-state index in [4.69, 9.17) is 7.85 Å². The van der Waals surface area contributed by atoms with E-state index >= 15 is 0 Å². The van der Waals surface area contributed by atoms with Crippen molar-refractivity contribution < 1.29 is 0 Å². The third kappa shape index (κ3) is 2.26. The summed E-state index contributed by atoms with van der Waals surface area (Å²) in [6.07, 6.45) is 8.65. The quantitative estimate of drug-likeness (QED) is 0.591. The summed E-state index contributed by atoms with van der Waals surface area (Å²) in [7, 11) is 6.41. The molecule has 0 aromatic carbocycles.